The maximum Gasteiger partial charge on any atom is 0.335 e. The van der Waals surface area contributed by atoms with Gasteiger partial charge in [-0.05, 0) is 119 Å². The number of benzene rings is 4. The molecule has 0 unspecified atom stereocenters. The summed E-state index contributed by atoms with van der Waals surface area (Å²) in [5, 5.41) is 4.67. The molecular weight excluding hydrogens is 548 g/mol. The van der Waals surface area contributed by atoms with Crippen LogP contribution in [0.5, 0.6) is 5.75 Å². The van der Waals surface area contributed by atoms with Crippen LogP contribution >= 0.6 is 0 Å². The van der Waals surface area contributed by atoms with Gasteiger partial charge in [-0.2, -0.15) is 0 Å². The number of rotatable bonds is 6. The lowest BCUT2D eigenvalue weighted by atomic mass is 9.48. The molecule has 6 nitrogen and oxygen atoms in total. The minimum Gasteiger partial charge on any atom is -0.489 e. The van der Waals surface area contributed by atoms with Crippen molar-refractivity contribution in [1.29, 1.82) is 0 Å². The van der Waals surface area contributed by atoms with Crippen LogP contribution in [0.4, 0.5) is 10.5 Å². The van der Waals surface area contributed by atoms with E-state index in [2.05, 4.69) is 41.7 Å². The number of carbonyl (C=O) groups is 3. The maximum absolute atomic E-state index is 13.5. The van der Waals surface area contributed by atoms with Crippen molar-refractivity contribution < 1.29 is 19.1 Å². The first-order valence-electron chi connectivity index (χ1n) is 15.7. The summed E-state index contributed by atoms with van der Waals surface area (Å²) in [6, 6.07) is 28.8. The molecule has 4 aromatic rings. The quantitative estimate of drug-likeness (QED) is 0.188. The molecule has 0 radical (unpaired) electrons. The summed E-state index contributed by atoms with van der Waals surface area (Å²) in [5.74, 6) is 1.85. The third-order valence-corrected chi connectivity index (χ3v) is 10.3. The first kappa shape index (κ1) is 26.9. The van der Waals surface area contributed by atoms with Crippen LogP contribution in [-0.2, 0) is 21.6 Å². The van der Waals surface area contributed by atoms with Crippen LogP contribution in [-0.4, -0.2) is 17.8 Å². The summed E-state index contributed by atoms with van der Waals surface area (Å²) in [4.78, 5) is 40.2. The van der Waals surface area contributed by atoms with Crippen molar-refractivity contribution in [3.8, 4) is 5.75 Å². The van der Waals surface area contributed by atoms with E-state index in [1.807, 2.05) is 42.5 Å². The van der Waals surface area contributed by atoms with Crippen LogP contribution < -0.4 is 15.0 Å². The molecule has 1 N–H and O–H groups in total. The van der Waals surface area contributed by atoms with Gasteiger partial charge in [0.2, 0.25) is 0 Å². The fourth-order valence-corrected chi connectivity index (χ4v) is 8.73. The Labute approximate surface area is 256 Å². The molecule has 4 aliphatic carbocycles. The zero-order chi connectivity index (χ0) is 29.8. The zero-order valence-electron chi connectivity index (χ0n) is 24.5. The van der Waals surface area contributed by atoms with E-state index in [0.717, 1.165) is 39.0 Å². The standard InChI is InChI=1S/C38H34N2O4/c41-35-34(19-24-8-14-32(15-9-24)44-23-29-6-3-5-28-4-1-2-7-33(28)29)36(42)40(37(43)39-35)31-12-10-30(11-13-31)38-20-25-16-26(21-38)18-27(17-25)22-38/h1-15,19,25-27H,16-18,20-23H2,(H,39,41,43)/b34-19+. The first-order chi connectivity index (χ1) is 21.4. The van der Waals surface area contributed by atoms with Crippen LogP contribution in [0.3, 0.4) is 0 Å². The van der Waals surface area contributed by atoms with Crippen LogP contribution in [0.1, 0.15) is 55.2 Å². The second-order valence-electron chi connectivity index (χ2n) is 13.2. The van der Waals surface area contributed by atoms with E-state index in [1.165, 1.54) is 50.2 Å². The van der Waals surface area contributed by atoms with Crippen molar-refractivity contribution in [2.45, 2.75) is 50.5 Å². The summed E-state index contributed by atoms with van der Waals surface area (Å²) in [7, 11) is 0. The molecular formula is C38H34N2O4. The summed E-state index contributed by atoms with van der Waals surface area (Å²) < 4.78 is 6.04. The Morgan fingerprint density at radius 2 is 1.43 bits per heavy atom. The zero-order valence-corrected chi connectivity index (χ0v) is 24.5. The molecule has 6 heteroatoms. The number of barbiturate groups is 1. The third kappa shape index (κ3) is 4.69. The molecule has 4 amide bonds. The second-order valence-corrected chi connectivity index (χ2v) is 13.2. The number of ether oxygens (including phenoxy) is 1. The van der Waals surface area contributed by atoms with E-state index in [4.69, 9.17) is 4.74 Å². The molecule has 0 aromatic heterocycles. The van der Waals surface area contributed by atoms with E-state index in [0.29, 0.717) is 23.6 Å². The molecule has 0 spiro atoms. The summed E-state index contributed by atoms with van der Waals surface area (Å²) in [6.45, 7) is 0.418. The molecule has 1 heterocycles. The molecule has 1 aliphatic heterocycles. The van der Waals surface area contributed by atoms with Gasteiger partial charge in [0.05, 0.1) is 5.69 Å². The third-order valence-electron chi connectivity index (χ3n) is 10.3. The van der Waals surface area contributed by atoms with Crippen molar-refractivity contribution in [3.05, 3.63) is 113 Å². The number of imide groups is 2. The molecule has 44 heavy (non-hydrogen) atoms. The van der Waals surface area contributed by atoms with Gasteiger partial charge < -0.3 is 4.74 Å². The Bertz CT molecular complexity index is 1780. The van der Waals surface area contributed by atoms with Crippen LogP contribution in [0, 0.1) is 17.8 Å². The highest BCUT2D eigenvalue weighted by Crippen LogP contribution is 2.60. The number of nitrogens with zero attached hydrogens (tertiary/aromatic N) is 1. The van der Waals surface area contributed by atoms with E-state index in [-0.39, 0.29) is 11.0 Å². The number of carbonyl (C=O) groups excluding carboxylic acids is 3. The molecule has 5 aliphatic rings. The first-order valence-corrected chi connectivity index (χ1v) is 15.7. The predicted octanol–water partition coefficient (Wildman–Crippen LogP) is 7.55. The minimum atomic E-state index is -0.725. The Hall–Kier alpha value is -4.71. The summed E-state index contributed by atoms with van der Waals surface area (Å²) in [6.07, 6.45) is 9.40. The second kappa shape index (κ2) is 10.5. The van der Waals surface area contributed by atoms with Gasteiger partial charge in [-0.15, -0.1) is 0 Å². The minimum absolute atomic E-state index is 0.0841. The number of anilines is 1. The molecule has 4 aromatic carbocycles. The van der Waals surface area contributed by atoms with Gasteiger partial charge in [0.15, 0.2) is 0 Å². The lowest BCUT2D eigenvalue weighted by molar-refractivity contribution is -0.122. The Kier molecular flexibility index (Phi) is 6.40. The van der Waals surface area contributed by atoms with E-state index in [1.54, 1.807) is 12.1 Å². The lowest BCUT2D eigenvalue weighted by Crippen LogP contribution is -2.54. The maximum atomic E-state index is 13.5. The normalized spacial score (nSPS) is 26.8. The Balaban J connectivity index is 0.987. The number of fused-ring (bicyclic) bond motifs is 1. The van der Waals surface area contributed by atoms with Gasteiger partial charge in [-0.25, -0.2) is 9.69 Å². The number of hydrogen-bond acceptors (Lipinski definition) is 4. The van der Waals surface area contributed by atoms with E-state index < -0.39 is 17.8 Å². The summed E-state index contributed by atoms with van der Waals surface area (Å²) in [5.41, 5.74) is 3.69. The topological polar surface area (TPSA) is 75.7 Å². The molecule has 0 atom stereocenters. The number of nitrogens with one attached hydrogen (secondary N) is 1. The van der Waals surface area contributed by atoms with Gasteiger partial charge in [0.1, 0.15) is 17.9 Å². The molecule has 9 rings (SSSR count). The predicted molar refractivity (Wildman–Crippen MR) is 170 cm³/mol. The van der Waals surface area contributed by atoms with Gasteiger partial charge in [-0.1, -0.05) is 66.7 Å². The van der Waals surface area contributed by atoms with Crippen molar-refractivity contribution in [2.75, 3.05) is 4.90 Å². The fraction of sp³-hybridized carbons (Fsp3) is 0.289. The number of hydrogen-bond donors (Lipinski definition) is 1. The van der Waals surface area contributed by atoms with Gasteiger partial charge in [0.25, 0.3) is 11.8 Å². The number of amides is 4. The van der Waals surface area contributed by atoms with Gasteiger partial charge in [-0.3, -0.25) is 14.9 Å². The van der Waals surface area contributed by atoms with Crippen LogP contribution in [0.15, 0.2) is 96.6 Å². The average Bonchev–Trinajstić information content (AvgIpc) is 3.02. The molecule has 4 bridgehead atoms. The van der Waals surface area contributed by atoms with Gasteiger partial charge in [0, 0.05) is 0 Å². The van der Waals surface area contributed by atoms with Crippen molar-refractivity contribution in [1.82, 2.24) is 5.32 Å². The van der Waals surface area contributed by atoms with Crippen molar-refractivity contribution in [3.63, 3.8) is 0 Å². The highest BCUT2D eigenvalue weighted by Gasteiger charge is 2.51. The smallest absolute Gasteiger partial charge is 0.335 e. The van der Waals surface area contributed by atoms with Crippen molar-refractivity contribution >= 4 is 40.4 Å². The molecule has 220 valence electrons. The van der Waals surface area contributed by atoms with Crippen molar-refractivity contribution in [2.24, 2.45) is 17.8 Å². The van der Waals surface area contributed by atoms with E-state index in [9.17, 15) is 14.4 Å². The number of urea groups is 1. The van der Waals surface area contributed by atoms with E-state index >= 15 is 0 Å². The average molecular weight is 583 g/mol. The highest BCUT2D eigenvalue weighted by atomic mass is 16.5. The summed E-state index contributed by atoms with van der Waals surface area (Å²) >= 11 is 0. The molecule has 1 saturated heterocycles. The largest absolute Gasteiger partial charge is 0.489 e. The highest BCUT2D eigenvalue weighted by molar-refractivity contribution is 6.39. The van der Waals surface area contributed by atoms with Crippen LogP contribution in [0.2, 0.25) is 0 Å². The van der Waals surface area contributed by atoms with Crippen LogP contribution in [0.25, 0.3) is 16.8 Å². The monoisotopic (exact) mass is 582 g/mol. The fourth-order valence-electron chi connectivity index (χ4n) is 8.73. The Morgan fingerprint density at radius 1 is 0.773 bits per heavy atom. The Morgan fingerprint density at radius 3 is 2.14 bits per heavy atom. The molecule has 4 saturated carbocycles. The molecule has 5 fully saturated rings. The lowest BCUT2D eigenvalue weighted by Gasteiger charge is -2.57. The van der Waals surface area contributed by atoms with Gasteiger partial charge >= 0.3 is 6.03 Å². The SMILES string of the molecule is O=C1NC(=O)N(c2ccc(C34CC5CC(CC(C5)C3)C4)cc2)C(=O)/C1=C/c1ccc(OCc2cccc3ccccc23)cc1.